The number of nitrogens with one attached hydrogen (secondary N) is 2. The van der Waals surface area contributed by atoms with Gasteiger partial charge in [0.05, 0.1) is 23.0 Å². The highest BCUT2D eigenvalue weighted by Crippen LogP contribution is 2.57. The zero-order chi connectivity index (χ0) is 19.8. The molecule has 5 aliphatic rings. The molecule has 29 heavy (non-hydrogen) atoms. The maximum Gasteiger partial charge on any atom is 0.276 e. The number of benzene rings is 1. The average molecular weight is 391 g/mol. The molecule has 4 aliphatic carbocycles. The molecule has 2 aromatic rings. The van der Waals surface area contributed by atoms with Crippen molar-refractivity contribution in [2.45, 2.75) is 49.7 Å². The lowest BCUT2D eigenvalue weighted by Crippen LogP contribution is -2.66. The zero-order valence-corrected chi connectivity index (χ0v) is 16.5. The number of hydrogen-bond acceptors (Lipinski definition) is 5. The average Bonchev–Trinajstić information content (AvgIpc) is 3.15. The lowest BCUT2D eigenvalue weighted by atomic mass is 9.51. The monoisotopic (exact) mass is 391 g/mol. The van der Waals surface area contributed by atoms with Gasteiger partial charge in [0, 0.05) is 12.6 Å². The Bertz CT molecular complexity index is 1080. The molecular formula is C22H25N5O2. The summed E-state index contributed by atoms with van der Waals surface area (Å²) in [6.45, 7) is 0. The maximum atomic E-state index is 12.5. The third-order valence-corrected chi connectivity index (χ3v) is 7.16. The molecule has 4 saturated carbocycles. The molecule has 7 rings (SSSR count). The molecule has 4 bridgehead atoms. The van der Waals surface area contributed by atoms with Crippen LogP contribution in [0.1, 0.15) is 44.1 Å². The van der Waals surface area contributed by atoms with E-state index in [1.807, 2.05) is 35.9 Å². The first-order valence-electron chi connectivity index (χ1n) is 10.4. The Balaban J connectivity index is 1.28. The molecule has 3 N–H and O–H groups in total. The fourth-order valence-corrected chi connectivity index (χ4v) is 6.53. The van der Waals surface area contributed by atoms with Crippen LogP contribution in [0.2, 0.25) is 0 Å². The van der Waals surface area contributed by atoms with Crippen molar-refractivity contribution in [1.29, 1.82) is 0 Å². The molecule has 0 saturated heterocycles. The summed E-state index contributed by atoms with van der Waals surface area (Å²) in [7, 11) is 1.95. The number of imidazole rings is 1. The molecular weight excluding hydrogens is 366 g/mol. The summed E-state index contributed by atoms with van der Waals surface area (Å²) in [6.07, 6.45) is 9.52. The van der Waals surface area contributed by atoms with E-state index in [0.717, 1.165) is 48.7 Å². The number of fused-ring (bicyclic) bond motifs is 1. The molecule has 1 aliphatic heterocycles. The second kappa shape index (κ2) is 5.69. The largest absolute Gasteiger partial charge is 0.390 e. The number of nitrogens with zero attached hydrogens (tertiary/aromatic N) is 3. The number of guanidine groups is 1. The first-order chi connectivity index (χ1) is 13.9. The topological polar surface area (TPSA) is 91.5 Å². The third-order valence-electron chi connectivity index (χ3n) is 7.16. The molecule has 2 heterocycles. The van der Waals surface area contributed by atoms with E-state index in [9.17, 15) is 9.90 Å². The third kappa shape index (κ3) is 2.79. The number of aliphatic imine (C=N–C) groups is 1. The van der Waals surface area contributed by atoms with Gasteiger partial charge in [-0.05, 0) is 74.1 Å². The van der Waals surface area contributed by atoms with Gasteiger partial charge in [-0.2, -0.15) is 0 Å². The van der Waals surface area contributed by atoms with Crippen molar-refractivity contribution < 1.29 is 9.90 Å². The number of hydrogen-bond donors (Lipinski definition) is 3. The molecule has 0 radical (unpaired) electrons. The zero-order valence-electron chi connectivity index (χ0n) is 16.5. The summed E-state index contributed by atoms with van der Waals surface area (Å²) in [6, 6.07) is 5.91. The van der Waals surface area contributed by atoms with Gasteiger partial charge >= 0.3 is 0 Å². The molecule has 1 aromatic carbocycles. The second-order valence-corrected chi connectivity index (χ2v) is 9.64. The second-order valence-electron chi connectivity index (χ2n) is 9.64. The van der Waals surface area contributed by atoms with Gasteiger partial charge in [0.15, 0.2) is 0 Å². The molecule has 1 amide bonds. The molecule has 7 nitrogen and oxygen atoms in total. The smallest absolute Gasteiger partial charge is 0.276 e. The van der Waals surface area contributed by atoms with Crippen LogP contribution in [0, 0.1) is 11.8 Å². The number of amides is 1. The number of aliphatic hydroxyl groups is 1. The van der Waals surface area contributed by atoms with Crippen molar-refractivity contribution >= 4 is 29.0 Å². The van der Waals surface area contributed by atoms with E-state index >= 15 is 0 Å². The van der Waals surface area contributed by atoms with Crippen molar-refractivity contribution in [3.05, 3.63) is 35.8 Å². The quantitative estimate of drug-likeness (QED) is 0.684. The first-order valence-corrected chi connectivity index (χ1v) is 10.4. The van der Waals surface area contributed by atoms with Gasteiger partial charge in [0.25, 0.3) is 5.91 Å². The Kier molecular flexibility index (Phi) is 3.38. The van der Waals surface area contributed by atoms with Crippen molar-refractivity contribution in [1.82, 2.24) is 20.2 Å². The fourth-order valence-electron chi connectivity index (χ4n) is 6.53. The summed E-state index contributed by atoms with van der Waals surface area (Å²) in [5.41, 5.74) is 2.57. The molecule has 0 spiro atoms. The molecule has 150 valence electrons. The van der Waals surface area contributed by atoms with Gasteiger partial charge in [-0.1, -0.05) is 6.07 Å². The van der Waals surface area contributed by atoms with Crippen LogP contribution in [-0.2, 0) is 11.8 Å². The Hall–Kier alpha value is -2.67. The van der Waals surface area contributed by atoms with Gasteiger partial charge in [-0.15, -0.1) is 0 Å². The number of carbonyl (C=O) groups excluding carboxylic acids is 1. The summed E-state index contributed by atoms with van der Waals surface area (Å²) >= 11 is 0. The van der Waals surface area contributed by atoms with Gasteiger partial charge in [0.2, 0.25) is 5.96 Å². The Morgan fingerprint density at radius 2 is 2.07 bits per heavy atom. The van der Waals surface area contributed by atoms with Crippen LogP contribution in [0.15, 0.2) is 35.2 Å². The van der Waals surface area contributed by atoms with Crippen LogP contribution in [0.5, 0.6) is 0 Å². The summed E-state index contributed by atoms with van der Waals surface area (Å²) in [5.74, 6) is 1.48. The van der Waals surface area contributed by atoms with Gasteiger partial charge in [-0.25, -0.2) is 9.98 Å². The normalized spacial score (nSPS) is 36.7. The maximum absolute atomic E-state index is 12.5. The standard InChI is InChI=1S/C22H25N5O2/c1-27-12-23-16-3-2-13(6-18(16)27)5-17-19(28)25-20(24-17)26-21-7-14-4-15(8-21)10-22(29,9-14)11-21/h2-3,5-6,12,14-15,29H,4,7-11H2,1H3,(H2,24,25,26,28)/b17-5-. The van der Waals surface area contributed by atoms with E-state index in [4.69, 9.17) is 0 Å². The van der Waals surface area contributed by atoms with Crippen LogP contribution < -0.4 is 10.6 Å². The van der Waals surface area contributed by atoms with Crippen molar-refractivity contribution in [3.63, 3.8) is 0 Å². The summed E-state index contributed by atoms with van der Waals surface area (Å²) in [5, 5.41) is 17.4. The first kappa shape index (κ1) is 17.2. The van der Waals surface area contributed by atoms with Crippen molar-refractivity contribution in [3.8, 4) is 0 Å². The molecule has 2 unspecified atom stereocenters. The van der Waals surface area contributed by atoms with E-state index in [-0.39, 0.29) is 11.4 Å². The lowest BCUT2D eigenvalue weighted by Gasteiger charge is -2.60. The van der Waals surface area contributed by atoms with E-state index < -0.39 is 5.60 Å². The highest BCUT2D eigenvalue weighted by Gasteiger charge is 2.57. The van der Waals surface area contributed by atoms with E-state index in [2.05, 4.69) is 20.6 Å². The molecule has 2 atom stereocenters. The van der Waals surface area contributed by atoms with Crippen LogP contribution in [0.4, 0.5) is 0 Å². The van der Waals surface area contributed by atoms with E-state index in [0.29, 0.717) is 23.5 Å². The highest BCUT2D eigenvalue weighted by atomic mass is 16.3. The predicted molar refractivity (Wildman–Crippen MR) is 110 cm³/mol. The molecule has 1 aromatic heterocycles. The number of rotatable bonds is 2. The number of aryl methyl sites for hydroxylation is 1. The SMILES string of the molecule is Cn1cnc2ccc(/C=C3\N=C(NC45CC6CC(CC(O)(C6)C4)C5)NC3=O)cc21. The van der Waals surface area contributed by atoms with Crippen LogP contribution in [-0.4, -0.2) is 37.7 Å². The highest BCUT2D eigenvalue weighted by molar-refractivity contribution is 6.14. The van der Waals surface area contributed by atoms with Crippen molar-refractivity contribution in [2.75, 3.05) is 0 Å². The number of carbonyl (C=O) groups is 1. The Morgan fingerprint density at radius 3 is 2.83 bits per heavy atom. The van der Waals surface area contributed by atoms with Crippen LogP contribution in [0.25, 0.3) is 17.1 Å². The fraction of sp³-hybridized carbons (Fsp3) is 0.500. The minimum atomic E-state index is -0.544. The van der Waals surface area contributed by atoms with Gasteiger partial charge in [0.1, 0.15) is 5.70 Å². The Morgan fingerprint density at radius 1 is 1.28 bits per heavy atom. The minimum absolute atomic E-state index is 0.145. The molecule has 7 heteroatoms. The predicted octanol–water partition coefficient (Wildman–Crippen LogP) is 2.07. The summed E-state index contributed by atoms with van der Waals surface area (Å²) in [4.78, 5) is 21.4. The Labute approximate surface area is 168 Å². The van der Waals surface area contributed by atoms with Gasteiger partial charge < -0.3 is 15.0 Å². The van der Waals surface area contributed by atoms with Crippen molar-refractivity contribution in [2.24, 2.45) is 23.9 Å². The van der Waals surface area contributed by atoms with Gasteiger partial charge in [-0.3, -0.25) is 10.1 Å². The van der Waals surface area contributed by atoms with Crippen LogP contribution in [0.3, 0.4) is 0 Å². The molecule has 4 fully saturated rings. The van der Waals surface area contributed by atoms with E-state index in [1.165, 1.54) is 6.42 Å². The van der Waals surface area contributed by atoms with E-state index in [1.54, 1.807) is 6.33 Å². The number of aromatic nitrogens is 2. The van der Waals surface area contributed by atoms with Crippen LogP contribution >= 0.6 is 0 Å². The summed E-state index contributed by atoms with van der Waals surface area (Å²) < 4.78 is 1.96. The lowest BCUT2D eigenvalue weighted by molar-refractivity contribution is -0.138. The minimum Gasteiger partial charge on any atom is -0.390 e.